The second kappa shape index (κ2) is 6.89. The maximum Gasteiger partial charge on any atom is 0.219 e. The van der Waals surface area contributed by atoms with Crippen molar-refractivity contribution in [3.63, 3.8) is 0 Å². The summed E-state index contributed by atoms with van der Waals surface area (Å²) in [4.78, 5) is 11.0. The van der Waals surface area contributed by atoms with Crippen molar-refractivity contribution in [2.24, 2.45) is 11.8 Å². The van der Waals surface area contributed by atoms with Crippen molar-refractivity contribution in [3.8, 4) is 0 Å². The van der Waals surface area contributed by atoms with Crippen LogP contribution in [0.15, 0.2) is 0 Å². The minimum atomic E-state index is 0.145. The second-order valence-corrected chi connectivity index (χ2v) is 5.23. The molecule has 0 aromatic heterocycles. The lowest BCUT2D eigenvalue weighted by atomic mass is 9.80. The summed E-state index contributed by atoms with van der Waals surface area (Å²) in [5.41, 5.74) is 0. The van der Waals surface area contributed by atoms with E-state index in [9.17, 15) is 4.79 Å². The van der Waals surface area contributed by atoms with E-state index in [-0.39, 0.29) is 5.91 Å². The van der Waals surface area contributed by atoms with Crippen LogP contribution in [0, 0.1) is 11.8 Å². The Morgan fingerprint density at radius 1 is 1.31 bits per heavy atom. The van der Waals surface area contributed by atoms with Crippen molar-refractivity contribution in [3.05, 3.63) is 0 Å². The van der Waals surface area contributed by atoms with E-state index in [1.54, 1.807) is 7.05 Å². The Morgan fingerprint density at radius 3 is 2.69 bits per heavy atom. The van der Waals surface area contributed by atoms with Gasteiger partial charge in [0.15, 0.2) is 0 Å². The molecule has 3 unspecified atom stereocenters. The van der Waals surface area contributed by atoms with Crippen molar-refractivity contribution in [2.75, 3.05) is 13.6 Å². The monoisotopic (exact) mass is 226 g/mol. The lowest BCUT2D eigenvalue weighted by molar-refractivity contribution is -0.120. The first-order valence-corrected chi connectivity index (χ1v) is 6.57. The van der Waals surface area contributed by atoms with Crippen LogP contribution in [0.3, 0.4) is 0 Å². The van der Waals surface area contributed by atoms with Crippen LogP contribution < -0.4 is 10.6 Å². The molecule has 3 nitrogen and oxygen atoms in total. The van der Waals surface area contributed by atoms with Gasteiger partial charge < -0.3 is 10.6 Å². The van der Waals surface area contributed by atoms with Crippen LogP contribution in [0.5, 0.6) is 0 Å². The summed E-state index contributed by atoms with van der Waals surface area (Å²) < 4.78 is 0. The number of carbonyl (C=O) groups is 1. The fourth-order valence-corrected chi connectivity index (χ4v) is 2.63. The predicted molar refractivity (Wildman–Crippen MR) is 67.3 cm³/mol. The zero-order valence-corrected chi connectivity index (χ0v) is 10.9. The highest BCUT2D eigenvalue weighted by Crippen LogP contribution is 2.28. The van der Waals surface area contributed by atoms with Crippen LogP contribution in [-0.2, 0) is 4.79 Å². The molecular weight excluding hydrogens is 200 g/mol. The SMILES string of the molecule is CNC(=O)CCCNC1CCC(C)CC1C. The zero-order valence-electron chi connectivity index (χ0n) is 10.9. The first-order valence-electron chi connectivity index (χ1n) is 6.57. The van der Waals surface area contributed by atoms with Gasteiger partial charge in [-0.25, -0.2) is 0 Å². The number of amides is 1. The molecule has 0 aromatic carbocycles. The van der Waals surface area contributed by atoms with Gasteiger partial charge in [0, 0.05) is 19.5 Å². The first-order chi connectivity index (χ1) is 7.63. The molecule has 2 N–H and O–H groups in total. The third-order valence-corrected chi connectivity index (χ3v) is 3.70. The highest BCUT2D eigenvalue weighted by molar-refractivity contribution is 5.75. The summed E-state index contributed by atoms with van der Waals surface area (Å²) in [6.07, 6.45) is 5.56. The van der Waals surface area contributed by atoms with Gasteiger partial charge in [0.1, 0.15) is 0 Å². The molecule has 94 valence electrons. The second-order valence-electron chi connectivity index (χ2n) is 5.23. The fourth-order valence-electron chi connectivity index (χ4n) is 2.63. The van der Waals surface area contributed by atoms with Crippen molar-refractivity contribution in [1.29, 1.82) is 0 Å². The van der Waals surface area contributed by atoms with Gasteiger partial charge in [-0.15, -0.1) is 0 Å². The Morgan fingerprint density at radius 2 is 2.06 bits per heavy atom. The molecule has 0 heterocycles. The molecule has 0 radical (unpaired) electrons. The van der Waals surface area contributed by atoms with Crippen molar-refractivity contribution >= 4 is 5.91 Å². The molecule has 0 aromatic rings. The van der Waals surface area contributed by atoms with Crippen molar-refractivity contribution < 1.29 is 4.79 Å². The van der Waals surface area contributed by atoms with Gasteiger partial charge in [0.05, 0.1) is 0 Å². The molecule has 1 saturated carbocycles. The van der Waals surface area contributed by atoms with Crippen molar-refractivity contribution in [2.45, 2.75) is 52.0 Å². The Bertz CT molecular complexity index is 218. The maximum absolute atomic E-state index is 11.0. The molecule has 1 amide bonds. The molecule has 0 aliphatic heterocycles. The molecule has 3 heteroatoms. The fraction of sp³-hybridized carbons (Fsp3) is 0.923. The third kappa shape index (κ3) is 4.52. The van der Waals surface area contributed by atoms with E-state index in [4.69, 9.17) is 0 Å². The molecule has 1 rings (SSSR count). The van der Waals surface area contributed by atoms with E-state index < -0.39 is 0 Å². The van der Waals surface area contributed by atoms with Crippen molar-refractivity contribution in [1.82, 2.24) is 10.6 Å². The quantitative estimate of drug-likeness (QED) is 0.703. The van der Waals surface area contributed by atoms with Crippen LogP contribution in [0.1, 0.15) is 46.0 Å². The normalized spacial score (nSPS) is 30.1. The number of carbonyl (C=O) groups excluding carboxylic acids is 1. The standard InChI is InChI=1S/C13H26N2O/c1-10-6-7-12(11(2)9-10)15-8-4-5-13(16)14-3/h10-12,15H,4-9H2,1-3H3,(H,14,16). The van der Waals surface area contributed by atoms with Gasteiger partial charge >= 0.3 is 0 Å². The average Bonchev–Trinajstić information content (AvgIpc) is 2.26. The Kier molecular flexibility index (Phi) is 5.81. The van der Waals surface area contributed by atoms with E-state index >= 15 is 0 Å². The Hall–Kier alpha value is -0.570. The first kappa shape index (κ1) is 13.5. The summed E-state index contributed by atoms with van der Waals surface area (Å²) in [5, 5.41) is 6.24. The Labute approximate surface area is 99.4 Å². The minimum Gasteiger partial charge on any atom is -0.359 e. The summed E-state index contributed by atoms with van der Waals surface area (Å²) in [7, 11) is 1.69. The largest absolute Gasteiger partial charge is 0.359 e. The van der Waals surface area contributed by atoms with E-state index in [0.717, 1.165) is 24.8 Å². The highest BCUT2D eigenvalue weighted by atomic mass is 16.1. The van der Waals surface area contributed by atoms with Crippen LogP contribution >= 0.6 is 0 Å². The maximum atomic E-state index is 11.0. The summed E-state index contributed by atoms with van der Waals surface area (Å²) in [5.74, 6) is 1.81. The van der Waals surface area contributed by atoms with Gasteiger partial charge in [-0.1, -0.05) is 13.8 Å². The van der Waals surface area contributed by atoms with Gasteiger partial charge in [0.2, 0.25) is 5.91 Å². The van der Waals surface area contributed by atoms with Gasteiger partial charge in [-0.3, -0.25) is 4.79 Å². The lowest BCUT2D eigenvalue weighted by Gasteiger charge is -2.33. The van der Waals surface area contributed by atoms with Crippen LogP contribution in [-0.4, -0.2) is 25.5 Å². The molecule has 16 heavy (non-hydrogen) atoms. The van der Waals surface area contributed by atoms with Gasteiger partial charge in [-0.05, 0) is 44.1 Å². The van der Waals surface area contributed by atoms with E-state index in [2.05, 4.69) is 24.5 Å². The number of rotatable bonds is 5. The van der Waals surface area contributed by atoms with Crippen LogP contribution in [0.2, 0.25) is 0 Å². The molecule has 1 aliphatic carbocycles. The summed E-state index contributed by atoms with van der Waals surface area (Å²) >= 11 is 0. The van der Waals surface area contributed by atoms with E-state index in [1.165, 1.54) is 19.3 Å². The molecule has 0 spiro atoms. The van der Waals surface area contributed by atoms with Gasteiger partial charge in [-0.2, -0.15) is 0 Å². The molecule has 1 fully saturated rings. The van der Waals surface area contributed by atoms with Crippen LogP contribution in [0.4, 0.5) is 0 Å². The molecule has 0 bridgehead atoms. The zero-order chi connectivity index (χ0) is 12.0. The van der Waals surface area contributed by atoms with E-state index in [1.807, 2.05) is 0 Å². The number of nitrogens with one attached hydrogen (secondary N) is 2. The molecule has 3 atom stereocenters. The lowest BCUT2D eigenvalue weighted by Crippen LogP contribution is -2.39. The Balaban J connectivity index is 2.11. The molecule has 1 aliphatic rings. The third-order valence-electron chi connectivity index (χ3n) is 3.70. The minimum absolute atomic E-state index is 0.145. The van der Waals surface area contributed by atoms with Gasteiger partial charge in [0.25, 0.3) is 0 Å². The number of hydrogen-bond donors (Lipinski definition) is 2. The number of hydrogen-bond acceptors (Lipinski definition) is 2. The van der Waals surface area contributed by atoms with Crippen LogP contribution in [0.25, 0.3) is 0 Å². The van der Waals surface area contributed by atoms with E-state index in [0.29, 0.717) is 12.5 Å². The molecular formula is C13H26N2O. The topological polar surface area (TPSA) is 41.1 Å². The summed E-state index contributed by atoms with van der Waals surface area (Å²) in [6, 6.07) is 0.667. The smallest absolute Gasteiger partial charge is 0.219 e. The summed E-state index contributed by atoms with van der Waals surface area (Å²) in [6.45, 7) is 5.65. The average molecular weight is 226 g/mol. The highest BCUT2D eigenvalue weighted by Gasteiger charge is 2.24. The molecule has 0 saturated heterocycles. The predicted octanol–water partition coefficient (Wildman–Crippen LogP) is 1.93.